The second-order valence-electron chi connectivity index (χ2n) is 7.23. The van der Waals surface area contributed by atoms with Crippen LogP contribution in [0.4, 0.5) is 21.5 Å². The fraction of sp³-hybridized carbons (Fsp3) is 0.174. The molecule has 1 aliphatic rings. The third-order valence-corrected chi connectivity index (χ3v) is 5.05. The number of rotatable bonds is 6. The first-order valence-electron chi connectivity index (χ1n) is 10.1. The summed E-state index contributed by atoms with van der Waals surface area (Å²) in [5, 5.41) is 17.4. The van der Waals surface area contributed by atoms with E-state index in [0.717, 1.165) is 13.1 Å². The minimum atomic E-state index is -0.450. The number of carbonyl (C=O) groups excluding carboxylic acids is 1. The summed E-state index contributed by atoms with van der Waals surface area (Å²) in [7, 11) is 0. The number of nitro groups is 1. The minimum absolute atomic E-state index is 0.0522. The molecule has 0 saturated carbocycles. The van der Waals surface area contributed by atoms with E-state index in [4.69, 9.17) is 4.42 Å². The van der Waals surface area contributed by atoms with E-state index in [1.54, 1.807) is 36.4 Å². The van der Waals surface area contributed by atoms with Crippen LogP contribution < -0.4 is 15.5 Å². The highest BCUT2D eigenvalue weighted by atomic mass is 19.1. The molecule has 0 atom stereocenters. The van der Waals surface area contributed by atoms with Crippen LogP contribution in [0.5, 0.6) is 0 Å². The van der Waals surface area contributed by atoms with E-state index in [1.807, 2.05) is 4.90 Å². The predicted octanol–water partition coefficient (Wildman–Crippen LogP) is 4.06. The normalized spacial score (nSPS) is 14.0. The molecule has 0 bridgehead atoms. The average molecular weight is 436 g/mol. The SMILES string of the molecule is O=C(/C=C/c1ccc(-c2ccc(F)cc2)o1)Nc1ccc(N2CCNCC2)c([N+](=O)[O-])c1. The number of furan rings is 1. The zero-order chi connectivity index (χ0) is 22.5. The van der Waals surface area contributed by atoms with Crippen molar-refractivity contribution in [2.24, 2.45) is 0 Å². The largest absolute Gasteiger partial charge is 0.457 e. The van der Waals surface area contributed by atoms with E-state index < -0.39 is 10.8 Å². The van der Waals surface area contributed by atoms with Gasteiger partial charge >= 0.3 is 0 Å². The molecule has 0 unspecified atom stereocenters. The smallest absolute Gasteiger partial charge is 0.294 e. The molecular formula is C23H21FN4O4. The van der Waals surface area contributed by atoms with Gasteiger partial charge in [0.1, 0.15) is 23.0 Å². The zero-order valence-corrected chi connectivity index (χ0v) is 17.1. The number of hydrogen-bond acceptors (Lipinski definition) is 6. The van der Waals surface area contributed by atoms with E-state index in [-0.39, 0.29) is 11.5 Å². The zero-order valence-electron chi connectivity index (χ0n) is 17.1. The van der Waals surface area contributed by atoms with Gasteiger partial charge in [-0.3, -0.25) is 14.9 Å². The van der Waals surface area contributed by atoms with Crippen molar-refractivity contribution in [2.75, 3.05) is 36.4 Å². The minimum Gasteiger partial charge on any atom is -0.457 e. The van der Waals surface area contributed by atoms with Crippen LogP contribution in [0, 0.1) is 15.9 Å². The van der Waals surface area contributed by atoms with Crippen molar-refractivity contribution in [3.63, 3.8) is 0 Å². The van der Waals surface area contributed by atoms with Crippen molar-refractivity contribution in [1.29, 1.82) is 0 Å². The van der Waals surface area contributed by atoms with Gasteiger partial charge in [-0.1, -0.05) is 0 Å². The summed E-state index contributed by atoms with van der Waals surface area (Å²) in [5.41, 5.74) is 1.53. The topological polar surface area (TPSA) is 101 Å². The highest BCUT2D eigenvalue weighted by Crippen LogP contribution is 2.31. The predicted molar refractivity (Wildman–Crippen MR) is 120 cm³/mol. The van der Waals surface area contributed by atoms with Gasteiger partial charge in [-0.05, 0) is 54.6 Å². The van der Waals surface area contributed by atoms with E-state index in [2.05, 4.69) is 10.6 Å². The number of nitro benzene ring substituents is 1. The van der Waals surface area contributed by atoms with Crippen molar-refractivity contribution in [2.45, 2.75) is 0 Å². The van der Waals surface area contributed by atoms with Crippen molar-refractivity contribution >= 4 is 29.0 Å². The molecule has 32 heavy (non-hydrogen) atoms. The summed E-state index contributed by atoms with van der Waals surface area (Å²) in [5.74, 6) is 0.205. The molecule has 0 radical (unpaired) electrons. The fourth-order valence-corrected chi connectivity index (χ4v) is 3.47. The van der Waals surface area contributed by atoms with Crippen molar-refractivity contribution in [1.82, 2.24) is 5.32 Å². The molecule has 9 heteroatoms. The second kappa shape index (κ2) is 9.44. The highest BCUT2D eigenvalue weighted by Gasteiger charge is 2.21. The van der Waals surface area contributed by atoms with Crippen LogP contribution in [0.1, 0.15) is 5.76 Å². The van der Waals surface area contributed by atoms with Crippen molar-refractivity contribution in [3.8, 4) is 11.3 Å². The Labute approximate surface area is 183 Å². The standard InChI is InChI=1S/C23H21FN4O4/c24-17-3-1-16(2-4-17)22-9-6-19(32-22)7-10-23(29)26-18-5-8-20(21(15-18)28(30)31)27-13-11-25-12-14-27/h1-10,15,25H,11-14H2,(H,26,29)/b10-7+. The van der Waals surface area contributed by atoms with Crippen LogP contribution in [-0.2, 0) is 4.79 Å². The maximum atomic E-state index is 13.1. The molecule has 0 spiro atoms. The lowest BCUT2D eigenvalue weighted by atomic mass is 10.2. The summed E-state index contributed by atoms with van der Waals surface area (Å²) in [6.45, 7) is 2.88. The number of nitrogens with one attached hydrogen (secondary N) is 2. The molecule has 1 amide bonds. The molecule has 2 N–H and O–H groups in total. The lowest BCUT2D eigenvalue weighted by Crippen LogP contribution is -2.43. The molecule has 4 rings (SSSR count). The third-order valence-electron chi connectivity index (χ3n) is 5.05. The van der Waals surface area contributed by atoms with Gasteiger partial charge in [0.2, 0.25) is 5.91 Å². The van der Waals surface area contributed by atoms with E-state index in [1.165, 1.54) is 30.4 Å². The van der Waals surface area contributed by atoms with E-state index in [9.17, 15) is 19.3 Å². The number of halogens is 1. The number of nitrogens with zero attached hydrogens (tertiary/aromatic N) is 2. The Morgan fingerprint density at radius 3 is 2.59 bits per heavy atom. The molecule has 1 aromatic heterocycles. The maximum absolute atomic E-state index is 13.1. The second-order valence-corrected chi connectivity index (χ2v) is 7.23. The van der Waals surface area contributed by atoms with Crippen LogP contribution in [0.3, 0.4) is 0 Å². The molecule has 0 aliphatic carbocycles. The van der Waals surface area contributed by atoms with Gasteiger partial charge in [-0.2, -0.15) is 0 Å². The first-order valence-corrected chi connectivity index (χ1v) is 10.1. The van der Waals surface area contributed by atoms with Gasteiger partial charge in [0.25, 0.3) is 5.69 Å². The summed E-state index contributed by atoms with van der Waals surface area (Å²) in [6, 6.07) is 14.0. The van der Waals surface area contributed by atoms with Gasteiger partial charge in [-0.25, -0.2) is 4.39 Å². The Bertz CT molecular complexity index is 1150. The molecule has 1 saturated heterocycles. The third kappa shape index (κ3) is 5.01. The van der Waals surface area contributed by atoms with Gasteiger partial charge < -0.3 is 20.0 Å². The molecule has 2 heterocycles. The van der Waals surface area contributed by atoms with Crippen molar-refractivity contribution < 1.29 is 18.5 Å². The first-order chi connectivity index (χ1) is 15.5. The Morgan fingerprint density at radius 2 is 1.88 bits per heavy atom. The Morgan fingerprint density at radius 1 is 1.12 bits per heavy atom. The van der Waals surface area contributed by atoms with Gasteiger partial charge in [0.05, 0.1) is 4.92 Å². The van der Waals surface area contributed by atoms with Gasteiger partial charge in [0.15, 0.2) is 0 Å². The fourth-order valence-electron chi connectivity index (χ4n) is 3.47. The Kier molecular flexibility index (Phi) is 6.27. The molecule has 1 aliphatic heterocycles. The van der Waals surface area contributed by atoms with Gasteiger partial charge in [0, 0.05) is 49.6 Å². The number of piperazine rings is 1. The summed E-state index contributed by atoms with van der Waals surface area (Å²) >= 11 is 0. The van der Waals surface area contributed by atoms with E-state index >= 15 is 0 Å². The number of amides is 1. The number of benzene rings is 2. The Hall–Kier alpha value is -3.98. The lowest BCUT2D eigenvalue weighted by molar-refractivity contribution is -0.384. The van der Waals surface area contributed by atoms with Crippen LogP contribution in [0.25, 0.3) is 17.4 Å². The van der Waals surface area contributed by atoms with Crippen LogP contribution in [0.2, 0.25) is 0 Å². The summed E-state index contributed by atoms with van der Waals surface area (Å²) < 4.78 is 18.7. The molecule has 1 fully saturated rings. The average Bonchev–Trinajstić information content (AvgIpc) is 3.28. The maximum Gasteiger partial charge on any atom is 0.294 e. The van der Waals surface area contributed by atoms with E-state index in [0.29, 0.717) is 41.5 Å². The molecule has 2 aromatic carbocycles. The number of carbonyl (C=O) groups is 1. The number of hydrogen-bond donors (Lipinski definition) is 2. The molecule has 8 nitrogen and oxygen atoms in total. The van der Waals surface area contributed by atoms with Crippen LogP contribution in [0.15, 0.2) is 65.1 Å². The van der Waals surface area contributed by atoms with Crippen LogP contribution >= 0.6 is 0 Å². The number of anilines is 2. The molecule has 164 valence electrons. The quantitative estimate of drug-likeness (QED) is 0.343. The monoisotopic (exact) mass is 436 g/mol. The lowest BCUT2D eigenvalue weighted by Gasteiger charge is -2.29. The first kappa shape index (κ1) is 21.3. The summed E-state index contributed by atoms with van der Waals surface area (Å²) in [4.78, 5) is 25.4. The summed E-state index contributed by atoms with van der Waals surface area (Å²) in [6.07, 6.45) is 2.77. The Balaban J connectivity index is 1.43. The highest BCUT2D eigenvalue weighted by molar-refractivity contribution is 6.02. The van der Waals surface area contributed by atoms with Crippen molar-refractivity contribution in [3.05, 3.63) is 82.4 Å². The molecular weight excluding hydrogens is 415 g/mol. The van der Waals surface area contributed by atoms with Gasteiger partial charge in [-0.15, -0.1) is 0 Å². The van der Waals surface area contributed by atoms with Crippen LogP contribution in [-0.4, -0.2) is 37.0 Å². The molecule has 3 aromatic rings.